The van der Waals surface area contributed by atoms with Crippen LogP contribution in [0.1, 0.15) is 16.1 Å². The van der Waals surface area contributed by atoms with Gasteiger partial charge in [-0.15, -0.1) is 0 Å². The van der Waals surface area contributed by atoms with E-state index in [2.05, 4.69) is 30.6 Å². The molecule has 7 nitrogen and oxygen atoms in total. The van der Waals surface area contributed by atoms with Crippen LogP contribution in [0.25, 0.3) is 22.4 Å². The number of carbonyl (C=O) groups is 1. The summed E-state index contributed by atoms with van der Waals surface area (Å²) in [6.07, 6.45) is 1.15. The van der Waals surface area contributed by atoms with Crippen LogP contribution in [-0.2, 0) is 9.84 Å². The predicted octanol–water partition coefficient (Wildman–Crippen LogP) is 4.68. The van der Waals surface area contributed by atoms with Gasteiger partial charge in [0.15, 0.2) is 21.4 Å². The number of nitrogens with one attached hydrogen (secondary N) is 1. The van der Waals surface area contributed by atoms with Gasteiger partial charge in [0.1, 0.15) is 5.58 Å². The number of anilines is 1. The highest BCUT2D eigenvalue weighted by Crippen LogP contribution is 2.29. The maximum Gasteiger partial charge on any atom is 0.293 e. The number of amides is 1. The van der Waals surface area contributed by atoms with Crippen molar-refractivity contribution < 1.29 is 17.6 Å². The molecule has 0 fully saturated rings. The second-order valence-electron chi connectivity index (χ2n) is 6.37. The van der Waals surface area contributed by atoms with Crippen molar-refractivity contribution >= 4 is 59.3 Å². The Bertz CT molecular complexity index is 1340. The second kappa shape index (κ2) is 7.36. The summed E-state index contributed by atoms with van der Waals surface area (Å²) in [5.41, 5.74) is 2.01. The minimum atomic E-state index is -3.27. The molecular formula is C19H14BrN3O4S2. The van der Waals surface area contributed by atoms with Crippen LogP contribution >= 0.6 is 27.5 Å². The number of carbonyl (C=O) groups excluding carboxylic acids is 1. The fourth-order valence-corrected chi connectivity index (χ4v) is 4.37. The fraction of sp³-hybridized carbons (Fsp3) is 0.105. The van der Waals surface area contributed by atoms with E-state index < -0.39 is 15.7 Å². The maximum absolute atomic E-state index is 12.6. The van der Waals surface area contributed by atoms with Crippen LogP contribution in [0, 0.1) is 6.92 Å². The monoisotopic (exact) mass is 491 g/mol. The van der Waals surface area contributed by atoms with E-state index in [-0.39, 0.29) is 10.7 Å². The Labute approximate surface area is 179 Å². The normalized spacial score (nSPS) is 11.7. The minimum Gasteiger partial charge on any atom is -0.451 e. The minimum absolute atomic E-state index is 0.215. The van der Waals surface area contributed by atoms with Crippen LogP contribution < -0.4 is 5.32 Å². The topological polar surface area (TPSA) is 102 Å². The molecule has 2 aromatic heterocycles. The summed E-state index contributed by atoms with van der Waals surface area (Å²) in [5, 5.41) is 3.89. The largest absolute Gasteiger partial charge is 0.451 e. The van der Waals surface area contributed by atoms with Gasteiger partial charge in [0, 0.05) is 38.8 Å². The Balaban J connectivity index is 1.56. The van der Waals surface area contributed by atoms with E-state index in [1.807, 2.05) is 25.1 Å². The van der Waals surface area contributed by atoms with Gasteiger partial charge in [0.25, 0.3) is 5.91 Å². The van der Waals surface area contributed by atoms with Crippen molar-refractivity contribution in [2.75, 3.05) is 11.6 Å². The Morgan fingerprint density at radius 3 is 2.59 bits per heavy atom. The Kier molecular flexibility index (Phi) is 5.01. The first kappa shape index (κ1) is 19.7. The van der Waals surface area contributed by atoms with Crippen molar-refractivity contribution in [2.45, 2.75) is 11.8 Å². The number of hydrogen-bond acceptors (Lipinski definition) is 7. The molecular weight excluding hydrogens is 478 g/mol. The SMILES string of the molecule is Cc1c(C(=O)Nc2nc(-c3ccc(S(C)(=O)=O)cc3)ns2)oc2cc(Br)ccc12. The molecule has 2 aromatic carbocycles. The number of hydrogen-bond donors (Lipinski definition) is 1. The number of aryl methyl sites for hydroxylation is 1. The van der Waals surface area contributed by atoms with E-state index in [9.17, 15) is 13.2 Å². The summed E-state index contributed by atoms with van der Waals surface area (Å²) in [7, 11) is -3.27. The van der Waals surface area contributed by atoms with Gasteiger partial charge in [-0.3, -0.25) is 10.1 Å². The molecule has 0 aliphatic heterocycles. The lowest BCUT2D eigenvalue weighted by Crippen LogP contribution is -2.11. The molecule has 0 unspecified atom stereocenters. The highest BCUT2D eigenvalue weighted by Gasteiger charge is 2.19. The number of halogens is 1. The van der Waals surface area contributed by atoms with E-state index in [0.29, 0.717) is 22.1 Å². The van der Waals surface area contributed by atoms with Gasteiger partial charge in [-0.2, -0.15) is 9.36 Å². The third-order valence-corrected chi connectivity index (χ3v) is 6.55. The van der Waals surface area contributed by atoms with Gasteiger partial charge in [0.2, 0.25) is 5.13 Å². The third kappa shape index (κ3) is 3.96. The molecule has 1 N–H and O–H groups in total. The van der Waals surface area contributed by atoms with Crippen molar-refractivity contribution in [2.24, 2.45) is 0 Å². The highest BCUT2D eigenvalue weighted by atomic mass is 79.9. The summed E-state index contributed by atoms with van der Waals surface area (Å²) in [6.45, 7) is 1.82. The molecule has 4 rings (SSSR count). The van der Waals surface area contributed by atoms with Crippen molar-refractivity contribution in [3.8, 4) is 11.4 Å². The zero-order chi connectivity index (χ0) is 20.8. The van der Waals surface area contributed by atoms with E-state index in [1.54, 1.807) is 12.1 Å². The van der Waals surface area contributed by atoms with Crippen LogP contribution in [0.3, 0.4) is 0 Å². The molecule has 1 amide bonds. The number of nitrogens with zero attached hydrogens (tertiary/aromatic N) is 2. The van der Waals surface area contributed by atoms with Crippen LogP contribution in [-0.4, -0.2) is 29.9 Å². The number of benzene rings is 2. The van der Waals surface area contributed by atoms with E-state index in [1.165, 1.54) is 12.1 Å². The Morgan fingerprint density at radius 1 is 1.17 bits per heavy atom. The Morgan fingerprint density at radius 2 is 1.90 bits per heavy atom. The first-order chi connectivity index (χ1) is 13.7. The van der Waals surface area contributed by atoms with Crippen molar-refractivity contribution in [1.82, 2.24) is 9.36 Å². The molecule has 0 aliphatic carbocycles. The average Bonchev–Trinajstić information content (AvgIpc) is 3.25. The summed E-state index contributed by atoms with van der Waals surface area (Å²) in [5.74, 6) is 0.202. The molecule has 0 aliphatic rings. The molecule has 0 spiro atoms. The highest BCUT2D eigenvalue weighted by molar-refractivity contribution is 9.10. The lowest BCUT2D eigenvalue weighted by Gasteiger charge is -2.00. The zero-order valence-corrected chi connectivity index (χ0v) is 18.5. The van der Waals surface area contributed by atoms with E-state index >= 15 is 0 Å². The molecule has 2 heterocycles. The zero-order valence-electron chi connectivity index (χ0n) is 15.3. The second-order valence-corrected chi connectivity index (χ2v) is 10.1. The molecule has 29 heavy (non-hydrogen) atoms. The molecule has 0 saturated heterocycles. The fourth-order valence-electron chi connectivity index (χ4n) is 2.81. The summed E-state index contributed by atoms with van der Waals surface area (Å²) in [4.78, 5) is 17.2. The third-order valence-electron chi connectivity index (χ3n) is 4.29. The maximum atomic E-state index is 12.6. The summed E-state index contributed by atoms with van der Waals surface area (Å²) >= 11 is 4.42. The molecule has 0 saturated carbocycles. The number of aromatic nitrogens is 2. The number of furan rings is 1. The van der Waals surface area contributed by atoms with Gasteiger partial charge in [-0.1, -0.05) is 15.9 Å². The van der Waals surface area contributed by atoms with Crippen LogP contribution in [0.2, 0.25) is 0 Å². The first-order valence-corrected chi connectivity index (χ1v) is 11.8. The quantitative estimate of drug-likeness (QED) is 0.444. The molecule has 10 heteroatoms. The van der Waals surface area contributed by atoms with Gasteiger partial charge in [0.05, 0.1) is 4.90 Å². The van der Waals surface area contributed by atoms with Crippen molar-refractivity contribution in [3.05, 3.63) is 58.3 Å². The molecule has 0 radical (unpaired) electrons. The number of sulfone groups is 1. The summed E-state index contributed by atoms with van der Waals surface area (Å²) < 4.78 is 33.9. The smallest absolute Gasteiger partial charge is 0.293 e. The number of fused-ring (bicyclic) bond motifs is 1. The van der Waals surface area contributed by atoms with E-state index in [0.717, 1.165) is 33.2 Å². The van der Waals surface area contributed by atoms with Crippen molar-refractivity contribution in [1.29, 1.82) is 0 Å². The standard InChI is InChI=1S/C19H14BrN3O4S2/c1-10-14-8-5-12(20)9-15(14)27-16(10)18(24)22-19-21-17(23-28-19)11-3-6-13(7-4-11)29(2,25)26/h3-9H,1-2H3,(H,21,22,23,24). The lowest BCUT2D eigenvalue weighted by molar-refractivity contribution is 0.0998. The number of rotatable bonds is 4. The van der Waals surface area contributed by atoms with Crippen LogP contribution in [0.15, 0.2) is 56.2 Å². The lowest BCUT2D eigenvalue weighted by atomic mass is 10.1. The van der Waals surface area contributed by atoms with Crippen molar-refractivity contribution in [3.63, 3.8) is 0 Å². The molecule has 148 valence electrons. The van der Waals surface area contributed by atoms with Gasteiger partial charge in [-0.25, -0.2) is 8.42 Å². The average molecular weight is 492 g/mol. The summed E-state index contributed by atoms with van der Waals surface area (Å²) in [6, 6.07) is 11.8. The first-order valence-electron chi connectivity index (χ1n) is 8.36. The molecule has 0 atom stereocenters. The predicted molar refractivity (Wildman–Crippen MR) is 115 cm³/mol. The molecule has 0 bridgehead atoms. The van der Waals surface area contributed by atoms with Gasteiger partial charge in [-0.05, 0) is 49.4 Å². The van der Waals surface area contributed by atoms with Gasteiger partial charge < -0.3 is 4.42 Å². The molecule has 4 aromatic rings. The van der Waals surface area contributed by atoms with Crippen LogP contribution in [0.5, 0.6) is 0 Å². The van der Waals surface area contributed by atoms with Gasteiger partial charge >= 0.3 is 0 Å². The van der Waals surface area contributed by atoms with E-state index in [4.69, 9.17) is 4.42 Å². The van der Waals surface area contributed by atoms with Crippen LogP contribution in [0.4, 0.5) is 5.13 Å². The Hall–Kier alpha value is -2.56.